The van der Waals surface area contributed by atoms with E-state index in [1.54, 1.807) is 0 Å². The SMILES string of the molecule is CC(C)COc1nn2cc(-c3c(F)cccc3F)nc2s1. The number of ether oxygens (including phenoxy) is 1. The summed E-state index contributed by atoms with van der Waals surface area (Å²) in [4.78, 5) is 4.75. The van der Waals surface area contributed by atoms with Gasteiger partial charge in [-0.25, -0.2) is 18.3 Å². The Morgan fingerprint density at radius 1 is 1.29 bits per heavy atom. The van der Waals surface area contributed by atoms with Gasteiger partial charge in [0.05, 0.1) is 24.1 Å². The molecule has 2 aromatic heterocycles. The molecule has 0 fully saturated rings. The van der Waals surface area contributed by atoms with Crippen LogP contribution in [0.2, 0.25) is 0 Å². The van der Waals surface area contributed by atoms with Gasteiger partial charge in [-0.1, -0.05) is 19.9 Å². The lowest BCUT2D eigenvalue weighted by molar-refractivity contribution is 0.267. The fourth-order valence-electron chi connectivity index (χ4n) is 1.84. The van der Waals surface area contributed by atoms with Crippen LogP contribution in [0.5, 0.6) is 5.19 Å². The minimum Gasteiger partial charge on any atom is -0.469 e. The molecule has 0 spiro atoms. The van der Waals surface area contributed by atoms with Gasteiger partial charge in [-0.15, -0.1) is 5.10 Å². The average Bonchev–Trinajstić information content (AvgIpc) is 2.94. The molecule has 2 heterocycles. The molecule has 1 aromatic carbocycles. The Hall–Kier alpha value is -2.02. The first kappa shape index (κ1) is 13.9. The molecule has 0 aliphatic heterocycles. The number of halogens is 2. The van der Waals surface area contributed by atoms with E-state index >= 15 is 0 Å². The van der Waals surface area contributed by atoms with Crippen LogP contribution in [-0.2, 0) is 0 Å². The second-order valence-corrected chi connectivity index (χ2v) is 5.94. The quantitative estimate of drug-likeness (QED) is 0.736. The molecule has 0 N–H and O–H groups in total. The standard InChI is InChI=1S/C14H13F2N3OS/c1-8(2)7-20-14-18-19-6-11(17-13(19)21-14)12-9(15)4-3-5-10(12)16/h3-6,8H,7H2,1-2H3. The van der Waals surface area contributed by atoms with Crippen molar-refractivity contribution in [2.75, 3.05) is 6.61 Å². The Labute approximate surface area is 124 Å². The van der Waals surface area contributed by atoms with Crippen molar-refractivity contribution >= 4 is 16.3 Å². The Morgan fingerprint density at radius 3 is 2.62 bits per heavy atom. The lowest BCUT2D eigenvalue weighted by atomic mass is 10.1. The first-order valence-electron chi connectivity index (χ1n) is 6.48. The van der Waals surface area contributed by atoms with Crippen molar-refractivity contribution in [2.45, 2.75) is 13.8 Å². The summed E-state index contributed by atoms with van der Waals surface area (Å²) in [7, 11) is 0. The van der Waals surface area contributed by atoms with E-state index in [1.807, 2.05) is 13.8 Å². The third kappa shape index (κ3) is 2.73. The predicted octanol–water partition coefficient (Wildman–Crippen LogP) is 3.77. The number of aromatic nitrogens is 3. The summed E-state index contributed by atoms with van der Waals surface area (Å²) < 4.78 is 34.4. The van der Waals surface area contributed by atoms with Crippen LogP contribution in [0.25, 0.3) is 16.2 Å². The van der Waals surface area contributed by atoms with E-state index in [2.05, 4.69) is 10.1 Å². The molecule has 3 aromatic rings. The van der Waals surface area contributed by atoms with E-state index in [0.29, 0.717) is 22.7 Å². The summed E-state index contributed by atoms with van der Waals surface area (Å²) >= 11 is 1.24. The molecule has 110 valence electrons. The number of imidazole rings is 1. The van der Waals surface area contributed by atoms with Gasteiger partial charge in [0.15, 0.2) is 0 Å². The summed E-state index contributed by atoms with van der Waals surface area (Å²) in [5, 5.41) is 4.69. The molecule has 0 aliphatic rings. The van der Waals surface area contributed by atoms with Crippen molar-refractivity contribution in [3.05, 3.63) is 36.0 Å². The number of rotatable bonds is 4. The third-order valence-corrected chi connectivity index (χ3v) is 3.62. The van der Waals surface area contributed by atoms with Crippen molar-refractivity contribution in [1.29, 1.82) is 0 Å². The van der Waals surface area contributed by atoms with Crippen molar-refractivity contribution < 1.29 is 13.5 Å². The van der Waals surface area contributed by atoms with Gasteiger partial charge in [0.2, 0.25) is 4.96 Å². The van der Waals surface area contributed by atoms with E-state index in [-0.39, 0.29) is 11.3 Å². The minimum absolute atomic E-state index is 0.139. The number of hydrogen-bond acceptors (Lipinski definition) is 4. The van der Waals surface area contributed by atoms with Crippen LogP contribution >= 0.6 is 11.3 Å². The van der Waals surface area contributed by atoms with Gasteiger partial charge in [0, 0.05) is 0 Å². The highest BCUT2D eigenvalue weighted by atomic mass is 32.1. The molecule has 21 heavy (non-hydrogen) atoms. The van der Waals surface area contributed by atoms with Gasteiger partial charge < -0.3 is 4.74 Å². The van der Waals surface area contributed by atoms with Gasteiger partial charge in [-0.3, -0.25) is 0 Å². The molecule has 7 heteroatoms. The Bertz CT molecular complexity index is 730. The molecule has 3 rings (SSSR count). The Balaban J connectivity index is 1.94. The van der Waals surface area contributed by atoms with E-state index in [9.17, 15) is 8.78 Å². The van der Waals surface area contributed by atoms with Crippen LogP contribution in [0, 0.1) is 17.6 Å². The zero-order valence-electron chi connectivity index (χ0n) is 11.5. The van der Waals surface area contributed by atoms with E-state index in [4.69, 9.17) is 4.74 Å². The molecular formula is C14H13F2N3OS. The van der Waals surface area contributed by atoms with Gasteiger partial charge >= 0.3 is 0 Å². The largest absolute Gasteiger partial charge is 0.469 e. The lowest BCUT2D eigenvalue weighted by Gasteiger charge is -2.03. The van der Waals surface area contributed by atoms with Crippen molar-refractivity contribution in [1.82, 2.24) is 14.6 Å². The smallest absolute Gasteiger partial charge is 0.294 e. The molecule has 0 radical (unpaired) electrons. The Morgan fingerprint density at radius 2 is 2.00 bits per heavy atom. The van der Waals surface area contributed by atoms with Gasteiger partial charge in [0.1, 0.15) is 11.6 Å². The highest BCUT2D eigenvalue weighted by Gasteiger charge is 2.16. The van der Waals surface area contributed by atoms with Crippen LogP contribution in [0.4, 0.5) is 8.78 Å². The van der Waals surface area contributed by atoms with Crippen LogP contribution in [0.3, 0.4) is 0 Å². The highest BCUT2D eigenvalue weighted by Crippen LogP contribution is 2.28. The number of fused-ring (bicyclic) bond motifs is 1. The van der Waals surface area contributed by atoms with E-state index in [0.717, 1.165) is 0 Å². The summed E-state index contributed by atoms with van der Waals surface area (Å²) in [5.74, 6) is -0.890. The van der Waals surface area contributed by atoms with Crippen LogP contribution < -0.4 is 4.74 Å². The fourth-order valence-corrected chi connectivity index (χ4v) is 2.58. The van der Waals surface area contributed by atoms with Crippen molar-refractivity contribution in [2.24, 2.45) is 5.92 Å². The maximum absolute atomic E-state index is 13.7. The molecule has 0 bridgehead atoms. The van der Waals surface area contributed by atoms with Crippen LogP contribution in [0.1, 0.15) is 13.8 Å². The van der Waals surface area contributed by atoms with Crippen LogP contribution in [0.15, 0.2) is 24.4 Å². The fraction of sp³-hybridized carbons (Fsp3) is 0.286. The maximum atomic E-state index is 13.7. The molecular weight excluding hydrogens is 296 g/mol. The molecule has 0 atom stereocenters. The first-order valence-corrected chi connectivity index (χ1v) is 7.29. The average molecular weight is 309 g/mol. The molecule has 0 amide bonds. The number of nitrogens with zero attached hydrogens (tertiary/aromatic N) is 3. The molecule has 0 saturated heterocycles. The predicted molar refractivity (Wildman–Crippen MR) is 76.5 cm³/mol. The Kier molecular flexibility index (Phi) is 3.59. The third-order valence-electron chi connectivity index (χ3n) is 2.78. The summed E-state index contributed by atoms with van der Waals surface area (Å²) in [5.41, 5.74) is 0.0830. The minimum atomic E-state index is -0.642. The van der Waals surface area contributed by atoms with Gasteiger partial charge in [0.25, 0.3) is 5.19 Å². The molecule has 0 saturated carbocycles. The van der Waals surface area contributed by atoms with Crippen molar-refractivity contribution in [3.8, 4) is 16.5 Å². The maximum Gasteiger partial charge on any atom is 0.294 e. The highest BCUT2D eigenvalue weighted by molar-refractivity contribution is 7.18. The zero-order valence-corrected chi connectivity index (χ0v) is 12.3. The monoisotopic (exact) mass is 309 g/mol. The molecule has 0 unspecified atom stereocenters. The van der Waals surface area contributed by atoms with Crippen molar-refractivity contribution in [3.63, 3.8) is 0 Å². The van der Waals surface area contributed by atoms with Gasteiger partial charge in [-0.2, -0.15) is 0 Å². The normalized spacial score (nSPS) is 11.5. The second-order valence-electron chi connectivity index (χ2n) is 5.02. The topological polar surface area (TPSA) is 39.4 Å². The van der Waals surface area contributed by atoms with Gasteiger partial charge in [-0.05, 0) is 29.4 Å². The summed E-state index contributed by atoms with van der Waals surface area (Å²) in [6.45, 7) is 4.64. The zero-order chi connectivity index (χ0) is 15.0. The molecule has 4 nitrogen and oxygen atoms in total. The number of hydrogen-bond donors (Lipinski definition) is 0. The van der Waals surface area contributed by atoms with E-state index in [1.165, 1.54) is 40.2 Å². The second kappa shape index (κ2) is 5.40. The molecule has 0 aliphatic carbocycles. The van der Waals surface area contributed by atoms with Crippen LogP contribution in [-0.4, -0.2) is 21.2 Å². The number of benzene rings is 1. The summed E-state index contributed by atoms with van der Waals surface area (Å²) in [6, 6.07) is 3.73. The summed E-state index contributed by atoms with van der Waals surface area (Å²) in [6.07, 6.45) is 1.50. The first-order chi connectivity index (χ1) is 10.0. The lowest BCUT2D eigenvalue weighted by Crippen LogP contribution is -2.04. The van der Waals surface area contributed by atoms with E-state index < -0.39 is 11.6 Å².